The van der Waals surface area contributed by atoms with Crippen LogP contribution in [0.3, 0.4) is 0 Å². The second-order valence-electron chi connectivity index (χ2n) is 4.71. The number of carbonyl (C=O) groups is 2. The molecule has 0 saturated heterocycles. The molecule has 104 valence electrons. The fourth-order valence-corrected chi connectivity index (χ4v) is 3.38. The van der Waals surface area contributed by atoms with Gasteiger partial charge in [0, 0.05) is 24.7 Å². The summed E-state index contributed by atoms with van der Waals surface area (Å²) in [7, 11) is 1.77. The molecule has 0 radical (unpaired) electrons. The van der Waals surface area contributed by atoms with E-state index in [1.54, 1.807) is 23.9 Å². The number of carboxylic acids is 1. The number of carboxylic acid groups (broad SMARTS) is 1. The quantitative estimate of drug-likeness (QED) is 0.905. The summed E-state index contributed by atoms with van der Waals surface area (Å²) >= 11 is 1.54. The summed E-state index contributed by atoms with van der Waals surface area (Å²) in [6.07, 6.45) is 3.82. The van der Waals surface area contributed by atoms with Gasteiger partial charge in [0.15, 0.2) is 6.04 Å². The standard InChI is InChI=1S/C13H13N3O3S/c1-15-6-9(14-7-15)12(17)16-4-2-10-8(3-5-20-10)11(16)13(18)19/h3,5-7,11H,2,4H2,1H3,(H,18,19). The Morgan fingerprint density at radius 2 is 2.30 bits per heavy atom. The zero-order chi connectivity index (χ0) is 14.3. The van der Waals surface area contributed by atoms with Crippen molar-refractivity contribution in [3.8, 4) is 0 Å². The minimum absolute atomic E-state index is 0.275. The Kier molecular flexibility index (Phi) is 3.06. The molecule has 2 aromatic rings. The smallest absolute Gasteiger partial charge is 0.331 e. The Balaban J connectivity index is 1.97. The Hall–Kier alpha value is -2.15. The average molecular weight is 291 g/mol. The Morgan fingerprint density at radius 3 is 2.95 bits per heavy atom. The summed E-state index contributed by atoms with van der Waals surface area (Å²) in [5.41, 5.74) is 0.996. The highest BCUT2D eigenvalue weighted by Gasteiger charge is 2.37. The van der Waals surface area contributed by atoms with Crippen molar-refractivity contribution in [2.45, 2.75) is 12.5 Å². The predicted octanol–water partition coefficient (Wildman–Crippen LogP) is 1.31. The topological polar surface area (TPSA) is 75.4 Å². The number of hydrogen-bond acceptors (Lipinski definition) is 4. The first-order valence-corrected chi connectivity index (χ1v) is 7.04. The fourth-order valence-electron chi connectivity index (χ4n) is 2.47. The van der Waals surface area contributed by atoms with Crippen molar-refractivity contribution >= 4 is 23.2 Å². The molecule has 1 atom stereocenters. The van der Waals surface area contributed by atoms with Crippen LogP contribution in [0.2, 0.25) is 0 Å². The van der Waals surface area contributed by atoms with Crippen LogP contribution in [-0.4, -0.2) is 38.0 Å². The number of rotatable bonds is 2. The van der Waals surface area contributed by atoms with E-state index in [2.05, 4.69) is 4.98 Å². The largest absolute Gasteiger partial charge is 0.479 e. The molecule has 0 spiro atoms. The molecule has 0 aromatic carbocycles. The lowest BCUT2D eigenvalue weighted by Gasteiger charge is -2.32. The van der Waals surface area contributed by atoms with E-state index in [4.69, 9.17) is 0 Å². The van der Waals surface area contributed by atoms with Crippen molar-refractivity contribution < 1.29 is 14.7 Å². The van der Waals surface area contributed by atoms with Crippen LogP contribution >= 0.6 is 11.3 Å². The average Bonchev–Trinajstić information content (AvgIpc) is 3.04. The molecule has 0 saturated carbocycles. The van der Waals surface area contributed by atoms with Crippen LogP contribution in [0.25, 0.3) is 0 Å². The number of imidazole rings is 1. The maximum absolute atomic E-state index is 12.4. The maximum Gasteiger partial charge on any atom is 0.331 e. The van der Waals surface area contributed by atoms with Gasteiger partial charge < -0.3 is 14.6 Å². The van der Waals surface area contributed by atoms with Gasteiger partial charge in [-0.2, -0.15) is 0 Å². The highest BCUT2D eigenvalue weighted by molar-refractivity contribution is 7.10. The third kappa shape index (κ3) is 2.00. The number of aromatic nitrogens is 2. The SMILES string of the molecule is Cn1cnc(C(=O)N2CCc3sccc3C2C(=O)O)c1. The number of fused-ring (bicyclic) bond motifs is 1. The third-order valence-electron chi connectivity index (χ3n) is 3.38. The highest BCUT2D eigenvalue weighted by atomic mass is 32.1. The number of aliphatic carboxylic acids is 1. The van der Waals surface area contributed by atoms with Crippen LogP contribution in [0.5, 0.6) is 0 Å². The summed E-state index contributed by atoms with van der Waals surface area (Å²) in [4.78, 5) is 30.4. The van der Waals surface area contributed by atoms with Gasteiger partial charge in [-0.15, -0.1) is 11.3 Å². The van der Waals surface area contributed by atoms with Crippen LogP contribution in [-0.2, 0) is 18.3 Å². The van der Waals surface area contributed by atoms with Gasteiger partial charge in [0.25, 0.3) is 5.91 Å². The first-order chi connectivity index (χ1) is 9.58. The van der Waals surface area contributed by atoms with E-state index in [-0.39, 0.29) is 11.6 Å². The Labute approximate surface area is 119 Å². The van der Waals surface area contributed by atoms with E-state index < -0.39 is 12.0 Å². The molecule has 1 aliphatic rings. The normalized spacial score (nSPS) is 17.9. The summed E-state index contributed by atoms with van der Waals surface area (Å²) in [6.45, 7) is 0.403. The van der Waals surface area contributed by atoms with Gasteiger partial charge in [-0.1, -0.05) is 0 Å². The first kappa shape index (κ1) is 12.9. The monoisotopic (exact) mass is 291 g/mol. The zero-order valence-corrected chi connectivity index (χ0v) is 11.6. The molecule has 1 amide bonds. The summed E-state index contributed by atoms with van der Waals surface area (Å²) in [5, 5.41) is 11.3. The van der Waals surface area contributed by atoms with Crippen molar-refractivity contribution in [1.82, 2.24) is 14.5 Å². The van der Waals surface area contributed by atoms with Crippen LogP contribution in [0.1, 0.15) is 27.0 Å². The number of thiophene rings is 1. The van der Waals surface area contributed by atoms with E-state index in [1.807, 2.05) is 5.38 Å². The lowest BCUT2D eigenvalue weighted by atomic mass is 9.99. The lowest BCUT2D eigenvalue weighted by molar-refractivity contribution is -0.142. The molecule has 1 N–H and O–H groups in total. The number of aryl methyl sites for hydroxylation is 1. The van der Waals surface area contributed by atoms with E-state index in [9.17, 15) is 14.7 Å². The molecule has 3 heterocycles. The Bertz CT molecular complexity index is 676. The van der Waals surface area contributed by atoms with Crippen molar-refractivity contribution in [3.05, 3.63) is 40.1 Å². The molecule has 0 bridgehead atoms. The minimum atomic E-state index is -1.01. The van der Waals surface area contributed by atoms with Crippen molar-refractivity contribution in [1.29, 1.82) is 0 Å². The number of amides is 1. The first-order valence-electron chi connectivity index (χ1n) is 6.16. The van der Waals surface area contributed by atoms with Gasteiger partial charge in [-0.05, 0) is 23.4 Å². The molecule has 1 aliphatic heterocycles. The van der Waals surface area contributed by atoms with Crippen LogP contribution < -0.4 is 0 Å². The van der Waals surface area contributed by atoms with Gasteiger partial charge in [0.2, 0.25) is 0 Å². The molecule has 6 nitrogen and oxygen atoms in total. The maximum atomic E-state index is 12.4. The molecule has 3 rings (SSSR count). The van der Waals surface area contributed by atoms with Crippen molar-refractivity contribution in [2.75, 3.05) is 6.54 Å². The van der Waals surface area contributed by atoms with Gasteiger partial charge in [0.05, 0.1) is 6.33 Å². The van der Waals surface area contributed by atoms with Crippen molar-refractivity contribution in [3.63, 3.8) is 0 Å². The van der Waals surface area contributed by atoms with Crippen LogP contribution in [0, 0.1) is 0 Å². The molecule has 1 unspecified atom stereocenters. The molecule has 20 heavy (non-hydrogen) atoms. The number of hydrogen-bond donors (Lipinski definition) is 1. The minimum Gasteiger partial charge on any atom is -0.479 e. The lowest BCUT2D eigenvalue weighted by Crippen LogP contribution is -2.43. The van der Waals surface area contributed by atoms with E-state index in [1.165, 1.54) is 22.6 Å². The van der Waals surface area contributed by atoms with Crippen molar-refractivity contribution in [2.24, 2.45) is 7.05 Å². The molecule has 2 aromatic heterocycles. The van der Waals surface area contributed by atoms with E-state index in [0.717, 1.165) is 10.4 Å². The summed E-state index contributed by atoms with van der Waals surface area (Å²) in [5.74, 6) is -1.34. The van der Waals surface area contributed by atoms with E-state index >= 15 is 0 Å². The molecular weight excluding hydrogens is 278 g/mol. The molecule has 0 fully saturated rings. The van der Waals surface area contributed by atoms with Gasteiger partial charge in [0.1, 0.15) is 5.69 Å². The summed E-state index contributed by atoms with van der Waals surface area (Å²) < 4.78 is 1.67. The van der Waals surface area contributed by atoms with Crippen LogP contribution in [0.15, 0.2) is 24.0 Å². The zero-order valence-electron chi connectivity index (χ0n) is 10.8. The van der Waals surface area contributed by atoms with E-state index in [0.29, 0.717) is 13.0 Å². The molecule has 0 aliphatic carbocycles. The second-order valence-corrected chi connectivity index (χ2v) is 5.71. The third-order valence-corrected chi connectivity index (χ3v) is 4.38. The Morgan fingerprint density at radius 1 is 1.50 bits per heavy atom. The van der Waals surface area contributed by atoms with Crippen LogP contribution in [0.4, 0.5) is 0 Å². The predicted molar refractivity (Wildman–Crippen MR) is 72.6 cm³/mol. The van der Waals surface area contributed by atoms with Gasteiger partial charge in [-0.3, -0.25) is 4.79 Å². The molecule has 7 heteroatoms. The fraction of sp³-hybridized carbons (Fsp3) is 0.308. The number of carbonyl (C=O) groups excluding carboxylic acids is 1. The molecular formula is C13H13N3O3S. The second kappa shape index (κ2) is 4.75. The highest BCUT2D eigenvalue weighted by Crippen LogP contribution is 2.34. The number of nitrogens with zero attached hydrogens (tertiary/aromatic N) is 3. The van der Waals surface area contributed by atoms with Gasteiger partial charge in [-0.25, -0.2) is 9.78 Å². The summed E-state index contributed by atoms with van der Waals surface area (Å²) in [6, 6.07) is 0.871. The van der Waals surface area contributed by atoms with Gasteiger partial charge >= 0.3 is 5.97 Å².